The lowest BCUT2D eigenvalue weighted by molar-refractivity contribution is -0.137. The number of carbonyl (C=O) groups is 2. The van der Waals surface area contributed by atoms with Crippen molar-refractivity contribution in [3.63, 3.8) is 0 Å². The van der Waals surface area contributed by atoms with Gasteiger partial charge in [0.1, 0.15) is 10.7 Å². The molecule has 0 saturated heterocycles. The van der Waals surface area contributed by atoms with Gasteiger partial charge in [-0.2, -0.15) is 0 Å². The number of aromatic nitrogens is 1. The van der Waals surface area contributed by atoms with E-state index in [2.05, 4.69) is 4.98 Å². The first-order chi connectivity index (χ1) is 13.6. The molecule has 3 aromatic rings. The van der Waals surface area contributed by atoms with Gasteiger partial charge in [0.05, 0.1) is 6.61 Å². The van der Waals surface area contributed by atoms with Crippen molar-refractivity contribution in [2.45, 2.75) is 6.92 Å². The Morgan fingerprint density at radius 2 is 1.64 bits per heavy atom. The predicted octanol–water partition coefficient (Wildman–Crippen LogP) is 5.23. The van der Waals surface area contributed by atoms with Gasteiger partial charge < -0.3 is 4.74 Å². The Hall–Kier alpha value is -3.24. The molecule has 1 heterocycles. The summed E-state index contributed by atoms with van der Waals surface area (Å²) in [5.41, 5.74) is 2.54. The fourth-order valence-electron chi connectivity index (χ4n) is 2.68. The summed E-state index contributed by atoms with van der Waals surface area (Å²) < 4.78 is 5.08. The molecule has 0 fully saturated rings. The number of nitrogens with zero attached hydrogens (tertiary/aromatic N) is 1. The van der Waals surface area contributed by atoms with Crippen molar-refractivity contribution >= 4 is 29.4 Å². The maximum atomic E-state index is 12.9. The second-order valence-corrected chi connectivity index (χ2v) is 6.30. The summed E-state index contributed by atoms with van der Waals surface area (Å²) in [5.74, 6) is -1.13. The van der Waals surface area contributed by atoms with Crippen molar-refractivity contribution in [3.8, 4) is 11.1 Å². The monoisotopic (exact) mass is 391 g/mol. The smallest absolute Gasteiger partial charge is 0.342 e. The molecule has 0 amide bonds. The zero-order valence-corrected chi connectivity index (χ0v) is 16.0. The summed E-state index contributed by atoms with van der Waals surface area (Å²) in [6, 6.07) is 20.0. The lowest BCUT2D eigenvalue weighted by Gasteiger charge is -2.09. The van der Waals surface area contributed by atoms with E-state index in [0.717, 1.165) is 11.1 Å². The number of carbonyl (C=O) groups excluding carboxylic acids is 2. The van der Waals surface area contributed by atoms with Gasteiger partial charge in [-0.05, 0) is 24.6 Å². The Labute approximate surface area is 168 Å². The largest absolute Gasteiger partial charge is 0.462 e. The van der Waals surface area contributed by atoms with Crippen LogP contribution in [-0.2, 0) is 9.53 Å². The molecule has 0 spiro atoms. The summed E-state index contributed by atoms with van der Waals surface area (Å²) in [5, 5.41) is 0.197. The van der Waals surface area contributed by atoms with Crippen molar-refractivity contribution in [2.75, 3.05) is 6.61 Å². The fourth-order valence-corrected chi connectivity index (χ4v) is 2.84. The molecule has 0 unspecified atom stereocenters. The van der Waals surface area contributed by atoms with E-state index in [1.165, 1.54) is 6.08 Å². The number of halogens is 1. The van der Waals surface area contributed by atoms with Crippen LogP contribution < -0.4 is 0 Å². The van der Waals surface area contributed by atoms with Crippen LogP contribution in [0.2, 0.25) is 5.15 Å². The highest BCUT2D eigenvalue weighted by Crippen LogP contribution is 2.25. The summed E-state index contributed by atoms with van der Waals surface area (Å²) in [7, 11) is 0. The zero-order chi connectivity index (χ0) is 19.9. The summed E-state index contributed by atoms with van der Waals surface area (Å²) in [4.78, 5) is 29.6. The van der Waals surface area contributed by atoms with Crippen LogP contribution in [0, 0.1) is 0 Å². The second kappa shape index (κ2) is 9.11. The third kappa shape index (κ3) is 4.53. The molecule has 0 radical (unpaired) electrons. The van der Waals surface area contributed by atoms with Gasteiger partial charge in [-0.1, -0.05) is 72.3 Å². The SMILES string of the molecule is CCOC(=O)/C(=C\c1cc(-c2ccccc2)cnc1Cl)C(=O)c1ccccc1. The number of hydrogen-bond donors (Lipinski definition) is 0. The number of ether oxygens (including phenoxy) is 1. The van der Waals surface area contributed by atoms with E-state index >= 15 is 0 Å². The van der Waals surface area contributed by atoms with Crippen LogP contribution in [0.4, 0.5) is 0 Å². The summed E-state index contributed by atoms with van der Waals surface area (Å²) in [6.07, 6.45) is 3.09. The molecular weight excluding hydrogens is 374 g/mol. The summed E-state index contributed by atoms with van der Waals surface area (Å²) in [6.45, 7) is 1.85. The first-order valence-electron chi connectivity index (χ1n) is 8.79. The van der Waals surface area contributed by atoms with Crippen molar-refractivity contribution in [3.05, 3.63) is 94.8 Å². The van der Waals surface area contributed by atoms with Crippen molar-refractivity contribution in [1.82, 2.24) is 4.98 Å². The molecule has 28 heavy (non-hydrogen) atoms. The Balaban J connectivity index is 2.07. The predicted molar refractivity (Wildman–Crippen MR) is 110 cm³/mol. The van der Waals surface area contributed by atoms with Crippen LogP contribution in [0.15, 0.2) is 78.5 Å². The lowest BCUT2D eigenvalue weighted by Crippen LogP contribution is -2.16. The quantitative estimate of drug-likeness (QED) is 0.144. The van der Waals surface area contributed by atoms with Crippen LogP contribution in [0.1, 0.15) is 22.8 Å². The lowest BCUT2D eigenvalue weighted by atomic mass is 10.00. The molecule has 2 aromatic carbocycles. The van der Waals surface area contributed by atoms with Gasteiger partial charge in [0, 0.05) is 22.9 Å². The van der Waals surface area contributed by atoms with Gasteiger partial charge in [0.2, 0.25) is 0 Å². The van der Waals surface area contributed by atoms with Gasteiger partial charge in [0.15, 0.2) is 5.78 Å². The van der Waals surface area contributed by atoms with Gasteiger partial charge in [-0.15, -0.1) is 0 Å². The maximum Gasteiger partial charge on any atom is 0.342 e. The number of hydrogen-bond acceptors (Lipinski definition) is 4. The molecular formula is C23H18ClNO3. The minimum atomic E-state index is -0.697. The van der Waals surface area contributed by atoms with E-state index in [0.29, 0.717) is 11.1 Å². The van der Waals surface area contributed by atoms with Gasteiger partial charge in [-0.3, -0.25) is 4.79 Å². The van der Waals surface area contributed by atoms with Gasteiger partial charge >= 0.3 is 5.97 Å². The minimum absolute atomic E-state index is 0.0954. The Morgan fingerprint density at radius 1 is 1.00 bits per heavy atom. The van der Waals surface area contributed by atoms with Gasteiger partial charge in [-0.25, -0.2) is 9.78 Å². The topological polar surface area (TPSA) is 56.3 Å². The van der Waals surface area contributed by atoms with E-state index in [1.807, 2.05) is 30.3 Å². The molecule has 1 aromatic heterocycles. The molecule has 4 nitrogen and oxygen atoms in total. The van der Waals surface area contributed by atoms with E-state index in [9.17, 15) is 9.59 Å². The van der Waals surface area contributed by atoms with Crippen LogP contribution in [-0.4, -0.2) is 23.3 Å². The van der Waals surface area contributed by atoms with Crippen molar-refractivity contribution < 1.29 is 14.3 Å². The number of rotatable bonds is 6. The first kappa shape index (κ1) is 19.5. The average Bonchev–Trinajstić information content (AvgIpc) is 2.74. The number of esters is 1. The number of benzene rings is 2. The maximum absolute atomic E-state index is 12.9. The number of ketones is 1. The van der Waals surface area contributed by atoms with E-state index in [-0.39, 0.29) is 17.3 Å². The molecule has 0 aliphatic heterocycles. The van der Waals surface area contributed by atoms with Crippen LogP contribution >= 0.6 is 11.6 Å². The molecule has 0 atom stereocenters. The third-order valence-corrected chi connectivity index (χ3v) is 4.36. The van der Waals surface area contributed by atoms with Crippen molar-refractivity contribution in [1.29, 1.82) is 0 Å². The standard InChI is InChI=1S/C23H18ClNO3/c1-2-28-23(27)20(21(26)17-11-7-4-8-12-17)14-18-13-19(15-25-22(18)24)16-9-5-3-6-10-16/h3-15H,2H2,1H3/b20-14-. The Kier molecular flexibility index (Phi) is 6.35. The normalized spacial score (nSPS) is 11.1. The van der Waals surface area contributed by atoms with E-state index in [4.69, 9.17) is 16.3 Å². The molecule has 0 aliphatic carbocycles. The van der Waals surface area contributed by atoms with Crippen LogP contribution in [0.5, 0.6) is 0 Å². The fraction of sp³-hybridized carbons (Fsp3) is 0.0870. The van der Waals surface area contributed by atoms with E-state index < -0.39 is 11.8 Å². The molecule has 0 aliphatic rings. The molecule has 5 heteroatoms. The molecule has 140 valence electrons. The number of pyridine rings is 1. The summed E-state index contributed by atoms with van der Waals surface area (Å²) >= 11 is 6.24. The van der Waals surface area contributed by atoms with Crippen molar-refractivity contribution in [2.24, 2.45) is 0 Å². The molecule has 3 rings (SSSR count). The second-order valence-electron chi connectivity index (χ2n) is 5.94. The molecule has 0 saturated carbocycles. The van der Waals surface area contributed by atoms with E-state index in [1.54, 1.807) is 49.5 Å². The van der Waals surface area contributed by atoms with Crippen LogP contribution in [0.3, 0.4) is 0 Å². The zero-order valence-electron chi connectivity index (χ0n) is 15.3. The highest BCUT2D eigenvalue weighted by Gasteiger charge is 2.22. The third-order valence-electron chi connectivity index (χ3n) is 4.05. The Morgan fingerprint density at radius 3 is 2.29 bits per heavy atom. The highest BCUT2D eigenvalue weighted by molar-refractivity contribution is 6.32. The Bertz CT molecular complexity index is 1010. The molecule has 0 bridgehead atoms. The average molecular weight is 392 g/mol. The molecule has 0 N–H and O–H groups in total. The van der Waals surface area contributed by atoms with Gasteiger partial charge in [0.25, 0.3) is 0 Å². The first-order valence-corrected chi connectivity index (χ1v) is 9.17. The highest BCUT2D eigenvalue weighted by atomic mass is 35.5. The number of Topliss-reactive ketones (excluding diaryl/α,β-unsaturated/α-hetero) is 1. The van der Waals surface area contributed by atoms with Crippen LogP contribution in [0.25, 0.3) is 17.2 Å². The minimum Gasteiger partial charge on any atom is -0.462 e.